The predicted octanol–water partition coefficient (Wildman–Crippen LogP) is 3.56. The van der Waals surface area contributed by atoms with Crippen molar-refractivity contribution in [1.29, 1.82) is 0 Å². The van der Waals surface area contributed by atoms with Gasteiger partial charge in [0.25, 0.3) is 0 Å². The molecule has 0 aliphatic carbocycles. The number of aromatic nitrogens is 2. The second kappa shape index (κ2) is 6.22. The van der Waals surface area contributed by atoms with E-state index in [0.29, 0.717) is 0 Å². The molecule has 4 heteroatoms. The molecule has 2 rings (SSSR count). The van der Waals surface area contributed by atoms with Crippen molar-refractivity contribution in [3.63, 3.8) is 0 Å². The Balaban J connectivity index is 2.41. The summed E-state index contributed by atoms with van der Waals surface area (Å²) in [6.45, 7) is 5.12. The molecule has 0 saturated heterocycles. The number of aryl methyl sites for hydroxylation is 2. The zero-order chi connectivity index (χ0) is 13.8. The Bertz CT molecular complexity index is 548. The Kier molecular flexibility index (Phi) is 4.61. The second-order valence-electron chi connectivity index (χ2n) is 4.73. The van der Waals surface area contributed by atoms with Crippen LogP contribution in [-0.4, -0.2) is 16.8 Å². The molecule has 0 saturated carbocycles. The fourth-order valence-corrected chi connectivity index (χ4v) is 2.66. The molecule has 1 N–H and O–H groups in total. The van der Waals surface area contributed by atoms with Gasteiger partial charge in [-0.05, 0) is 43.7 Å². The normalized spacial score (nSPS) is 12.6. The zero-order valence-electron chi connectivity index (χ0n) is 11.7. The highest BCUT2D eigenvalue weighted by Gasteiger charge is 2.18. The maximum atomic E-state index is 6.38. The Labute approximate surface area is 119 Å². The van der Waals surface area contributed by atoms with Gasteiger partial charge in [-0.3, -0.25) is 4.68 Å². The van der Waals surface area contributed by atoms with Crippen LogP contribution in [0, 0.1) is 6.92 Å². The first-order valence-electron chi connectivity index (χ1n) is 6.62. The predicted molar refractivity (Wildman–Crippen MR) is 79.6 cm³/mol. The third kappa shape index (κ3) is 2.99. The minimum Gasteiger partial charge on any atom is -0.308 e. The number of hydrogen-bond acceptors (Lipinski definition) is 2. The molecule has 1 atom stereocenters. The largest absolute Gasteiger partial charge is 0.308 e. The third-order valence-electron chi connectivity index (χ3n) is 3.24. The molecule has 1 aromatic carbocycles. The summed E-state index contributed by atoms with van der Waals surface area (Å²) in [5.41, 5.74) is 3.41. The fourth-order valence-electron chi connectivity index (χ4n) is 2.32. The maximum Gasteiger partial charge on any atom is 0.0760 e. The lowest BCUT2D eigenvalue weighted by atomic mass is 10.0. The molecule has 1 unspecified atom stereocenters. The van der Waals surface area contributed by atoms with Crippen LogP contribution in [0.2, 0.25) is 5.02 Å². The summed E-state index contributed by atoms with van der Waals surface area (Å²) in [4.78, 5) is 0. The molecule has 0 spiro atoms. The van der Waals surface area contributed by atoms with Crippen LogP contribution in [0.4, 0.5) is 0 Å². The molecule has 0 bridgehead atoms. The van der Waals surface area contributed by atoms with Crippen LogP contribution in [0.5, 0.6) is 0 Å². The molecule has 1 aromatic heterocycles. The second-order valence-corrected chi connectivity index (χ2v) is 5.13. The average molecular weight is 278 g/mol. The van der Waals surface area contributed by atoms with Crippen molar-refractivity contribution in [2.45, 2.75) is 32.9 Å². The van der Waals surface area contributed by atoms with Gasteiger partial charge in [-0.15, -0.1) is 0 Å². The van der Waals surface area contributed by atoms with E-state index in [1.807, 2.05) is 37.0 Å². The molecule has 2 aromatic rings. The van der Waals surface area contributed by atoms with Crippen LogP contribution in [0.15, 0.2) is 30.5 Å². The van der Waals surface area contributed by atoms with Gasteiger partial charge in [0.1, 0.15) is 0 Å². The molecule has 102 valence electrons. The van der Waals surface area contributed by atoms with Crippen LogP contribution >= 0.6 is 11.6 Å². The highest BCUT2D eigenvalue weighted by atomic mass is 35.5. The molecular weight excluding hydrogens is 258 g/mol. The lowest BCUT2D eigenvalue weighted by Crippen LogP contribution is -2.22. The Morgan fingerprint density at radius 2 is 2.16 bits per heavy atom. The first-order chi connectivity index (χ1) is 9.17. The van der Waals surface area contributed by atoms with Crippen LogP contribution in [-0.2, 0) is 6.54 Å². The summed E-state index contributed by atoms with van der Waals surface area (Å²) in [6.07, 6.45) is 2.91. The molecular formula is C15H20ClN3. The van der Waals surface area contributed by atoms with Gasteiger partial charge in [0.05, 0.1) is 11.7 Å². The van der Waals surface area contributed by atoms with Crippen molar-refractivity contribution >= 4 is 11.6 Å². The molecule has 0 radical (unpaired) electrons. The first-order valence-corrected chi connectivity index (χ1v) is 7.00. The minimum absolute atomic E-state index is 0.0714. The number of nitrogens with one attached hydrogen (secondary N) is 1. The van der Waals surface area contributed by atoms with Gasteiger partial charge >= 0.3 is 0 Å². The van der Waals surface area contributed by atoms with E-state index in [0.717, 1.165) is 29.2 Å². The molecule has 0 amide bonds. The molecule has 0 aliphatic rings. The van der Waals surface area contributed by atoms with E-state index in [1.165, 1.54) is 5.56 Å². The summed E-state index contributed by atoms with van der Waals surface area (Å²) >= 11 is 6.38. The summed E-state index contributed by atoms with van der Waals surface area (Å²) in [7, 11) is 1.95. The van der Waals surface area contributed by atoms with E-state index in [4.69, 9.17) is 11.6 Å². The van der Waals surface area contributed by atoms with Crippen molar-refractivity contribution in [2.75, 3.05) is 7.05 Å². The van der Waals surface area contributed by atoms with Gasteiger partial charge in [-0.1, -0.05) is 30.7 Å². The first kappa shape index (κ1) is 14.1. The van der Waals surface area contributed by atoms with E-state index in [9.17, 15) is 0 Å². The van der Waals surface area contributed by atoms with Crippen molar-refractivity contribution in [3.8, 4) is 0 Å². The van der Waals surface area contributed by atoms with E-state index < -0.39 is 0 Å². The van der Waals surface area contributed by atoms with Crippen LogP contribution < -0.4 is 5.32 Å². The van der Waals surface area contributed by atoms with Gasteiger partial charge < -0.3 is 5.32 Å². The molecule has 0 fully saturated rings. The maximum absolute atomic E-state index is 6.38. The highest BCUT2D eigenvalue weighted by Crippen LogP contribution is 2.28. The standard InChI is InChI=1S/C15H20ClN3/c1-4-9-19-14(7-8-18-19)15(17-3)12-6-5-11(2)10-13(12)16/h5-8,10,15,17H,4,9H2,1-3H3. The molecule has 0 aliphatic heterocycles. The number of halogens is 1. The monoisotopic (exact) mass is 277 g/mol. The van der Waals surface area contributed by atoms with Crippen molar-refractivity contribution in [2.24, 2.45) is 0 Å². The molecule has 19 heavy (non-hydrogen) atoms. The summed E-state index contributed by atoms with van der Waals surface area (Å²) in [6, 6.07) is 8.30. The van der Waals surface area contributed by atoms with Gasteiger partial charge in [0, 0.05) is 17.8 Å². The Morgan fingerprint density at radius 1 is 1.37 bits per heavy atom. The van der Waals surface area contributed by atoms with E-state index in [-0.39, 0.29) is 6.04 Å². The van der Waals surface area contributed by atoms with Gasteiger partial charge in [0.2, 0.25) is 0 Å². The number of nitrogens with zero attached hydrogens (tertiary/aromatic N) is 2. The SMILES string of the molecule is CCCn1nccc1C(NC)c1ccc(C)cc1Cl. The summed E-state index contributed by atoms with van der Waals surface area (Å²) < 4.78 is 2.04. The third-order valence-corrected chi connectivity index (χ3v) is 3.56. The van der Waals surface area contributed by atoms with Crippen molar-refractivity contribution in [1.82, 2.24) is 15.1 Å². The Morgan fingerprint density at radius 3 is 2.79 bits per heavy atom. The molecule has 1 heterocycles. The summed E-state index contributed by atoms with van der Waals surface area (Å²) in [5.74, 6) is 0. The smallest absolute Gasteiger partial charge is 0.0760 e. The number of hydrogen-bond donors (Lipinski definition) is 1. The van der Waals surface area contributed by atoms with Crippen molar-refractivity contribution < 1.29 is 0 Å². The van der Waals surface area contributed by atoms with Crippen molar-refractivity contribution in [3.05, 3.63) is 52.3 Å². The zero-order valence-corrected chi connectivity index (χ0v) is 12.4. The average Bonchev–Trinajstić information content (AvgIpc) is 2.82. The van der Waals surface area contributed by atoms with Crippen LogP contribution in [0.1, 0.15) is 36.2 Å². The van der Waals surface area contributed by atoms with Crippen LogP contribution in [0.3, 0.4) is 0 Å². The van der Waals surface area contributed by atoms with Gasteiger partial charge in [-0.25, -0.2) is 0 Å². The molecule has 3 nitrogen and oxygen atoms in total. The summed E-state index contributed by atoms with van der Waals surface area (Å²) in [5, 5.41) is 8.51. The number of rotatable bonds is 5. The lowest BCUT2D eigenvalue weighted by Gasteiger charge is -2.20. The lowest BCUT2D eigenvalue weighted by molar-refractivity contribution is 0.535. The van der Waals surface area contributed by atoms with E-state index in [1.54, 1.807) is 0 Å². The van der Waals surface area contributed by atoms with Gasteiger partial charge in [-0.2, -0.15) is 5.10 Å². The minimum atomic E-state index is 0.0714. The van der Waals surface area contributed by atoms with E-state index in [2.05, 4.69) is 29.5 Å². The quantitative estimate of drug-likeness (QED) is 0.906. The number of benzene rings is 1. The highest BCUT2D eigenvalue weighted by molar-refractivity contribution is 6.31. The topological polar surface area (TPSA) is 29.9 Å². The van der Waals surface area contributed by atoms with E-state index >= 15 is 0 Å². The Hall–Kier alpha value is -1.32. The van der Waals surface area contributed by atoms with Gasteiger partial charge in [0.15, 0.2) is 0 Å². The van der Waals surface area contributed by atoms with Crippen LogP contribution in [0.25, 0.3) is 0 Å². The fraction of sp³-hybridized carbons (Fsp3) is 0.400.